The molecule has 3 heteroatoms. The lowest BCUT2D eigenvalue weighted by molar-refractivity contribution is 0.0385. The zero-order chi connectivity index (χ0) is 22.1. The second-order valence-electron chi connectivity index (χ2n) is 8.91. The molecule has 0 amide bonds. The molecule has 1 aliphatic carbocycles. The van der Waals surface area contributed by atoms with Crippen molar-refractivity contribution in [1.29, 1.82) is 0 Å². The second kappa shape index (κ2) is 10.2. The SMILES string of the molecule is C.C=C=C(c1cccc2c1C(C)=CCC2)c1c(C)cc(CCN2CCOCC2)c2sccc12. The van der Waals surface area contributed by atoms with Crippen LogP contribution in [0.1, 0.15) is 54.2 Å². The average molecular weight is 458 g/mol. The van der Waals surface area contributed by atoms with E-state index in [1.165, 1.54) is 49.0 Å². The summed E-state index contributed by atoms with van der Waals surface area (Å²) in [6, 6.07) is 11.4. The van der Waals surface area contributed by atoms with Gasteiger partial charge in [-0.3, -0.25) is 4.90 Å². The molecule has 2 aliphatic rings. The van der Waals surface area contributed by atoms with Gasteiger partial charge in [-0.2, -0.15) is 0 Å². The number of aryl methyl sites for hydroxylation is 2. The highest BCUT2D eigenvalue weighted by Gasteiger charge is 2.21. The van der Waals surface area contributed by atoms with Gasteiger partial charge in [-0.1, -0.05) is 44.3 Å². The first-order valence-electron chi connectivity index (χ1n) is 11.7. The summed E-state index contributed by atoms with van der Waals surface area (Å²) >= 11 is 1.86. The minimum atomic E-state index is 0. The van der Waals surface area contributed by atoms with Crippen LogP contribution in [0.15, 0.2) is 54.1 Å². The minimum Gasteiger partial charge on any atom is -0.379 e. The van der Waals surface area contributed by atoms with E-state index in [0.717, 1.165) is 57.7 Å². The number of allylic oxidation sites excluding steroid dienone is 2. The molecule has 0 atom stereocenters. The molecule has 33 heavy (non-hydrogen) atoms. The van der Waals surface area contributed by atoms with Crippen molar-refractivity contribution in [3.8, 4) is 0 Å². The van der Waals surface area contributed by atoms with Gasteiger partial charge in [-0.25, -0.2) is 0 Å². The highest BCUT2D eigenvalue weighted by atomic mass is 32.1. The van der Waals surface area contributed by atoms with E-state index in [9.17, 15) is 0 Å². The van der Waals surface area contributed by atoms with Gasteiger partial charge in [-0.15, -0.1) is 17.1 Å². The molecule has 0 spiro atoms. The lowest BCUT2D eigenvalue weighted by Crippen LogP contribution is -2.37. The molecular weight excluding hydrogens is 422 g/mol. The van der Waals surface area contributed by atoms with Crippen LogP contribution in [-0.2, 0) is 17.6 Å². The van der Waals surface area contributed by atoms with Gasteiger partial charge in [-0.05, 0) is 77.9 Å². The second-order valence-corrected chi connectivity index (χ2v) is 9.83. The molecule has 0 N–H and O–H groups in total. The molecule has 1 aromatic heterocycles. The molecule has 2 aromatic carbocycles. The Morgan fingerprint density at radius 2 is 2.00 bits per heavy atom. The van der Waals surface area contributed by atoms with Gasteiger partial charge in [0.2, 0.25) is 0 Å². The predicted octanol–water partition coefficient (Wildman–Crippen LogP) is 7.29. The highest BCUT2D eigenvalue weighted by molar-refractivity contribution is 7.17. The smallest absolute Gasteiger partial charge is 0.0594 e. The summed E-state index contributed by atoms with van der Waals surface area (Å²) in [5.74, 6) is 0. The number of morpholine rings is 1. The molecule has 0 radical (unpaired) electrons. The van der Waals surface area contributed by atoms with Gasteiger partial charge in [0.1, 0.15) is 0 Å². The maximum atomic E-state index is 5.51. The quantitative estimate of drug-likeness (QED) is 0.373. The van der Waals surface area contributed by atoms with E-state index in [4.69, 9.17) is 4.74 Å². The van der Waals surface area contributed by atoms with Gasteiger partial charge in [0.25, 0.3) is 0 Å². The van der Waals surface area contributed by atoms with Gasteiger partial charge in [0.15, 0.2) is 0 Å². The van der Waals surface area contributed by atoms with E-state index >= 15 is 0 Å². The first kappa shape index (κ1) is 23.7. The van der Waals surface area contributed by atoms with Crippen LogP contribution < -0.4 is 0 Å². The molecule has 3 aromatic rings. The number of ether oxygens (including phenoxy) is 1. The van der Waals surface area contributed by atoms with Crippen LogP contribution in [0.4, 0.5) is 0 Å². The monoisotopic (exact) mass is 457 g/mol. The molecule has 0 bridgehead atoms. The van der Waals surface area contributed by atoms with Crippen molar-refractivity contribution in [3.05, 3.63) is 87.5 Å². The molecular formula is C30H35NOS. The minimum absolute atomic E-state index is 0. The van der Waals surface area contributed by atoms with Gasteiger partial charge < -0.3 is 4.74 Å². The summed E-state index contributed by atoms with van der Waals surface area (Å²) in [6.07, 6.45) is 5.68. The predicted molar refractivity (Wildman–Crippen MR) is 144 cm³/mol. The fourth-order valence-electron chi connectivity index (χ4n) is 5.33. The Hall–Kier alpha value is -2.42. The maximum Gasteiger partial charge on any atom is 0.0594 e. The van der Waals surface area contributed by atoms with Crippen molar-refractivity contribution >= 4 is 32.6 Å². The number of fused-ring (bicyclic) bond motifs is 2. The third-order valence-corrected chi connectivity index (χ3v) is 7.91. The number of rotatable bonds is 5. The first-order chi connectivity index (χ1) is 15.7. The number of thiophene rings is 1. The molecule has 1 fully saturated rings. The van der Waals surface area contributed by atoms with Crippen molar-refractivity contribution in [3.63, 3.8) is 0 Å². The Balaban J connectivity index is 0.00000259. The zero-order valence-corrected chi connectivity index (χ0v) is 20.0. The van der Waals surface area contributed by atoms with Gasteiger partial charge in [0.05, 0.1) is 13.2 Å². The van der Waals surface area contributed by atoms with Crippen molar-refractivity contribution in [2.75, 3.05) is 32.8 Å². The highest BCUT2D eigenvalue weighted by Crippen LogP contribution is 2.40. The van der Waals surface area contributed by atoms with Crippen molar-refractivity contribution in [1.82, 2.24) is 4.90 Å². The van der Waals surface area contributed by atoms with E-state index in [0.29, 0.717) is 0 Å². The molecule has 1 aliphatic heterocycles. The Morgan fingerprint density at radius 3 is 2.79 bits per heavy atom. The van der Waals surface area contributed by atoms with Gasteiger partial charge in [0, 0.05) is 40.9 Å². The molecule has 1 saturated heterocycles. The molecule has 2 nitrogen and oxygen atoms in total. The summed E-state index contributed by atoms with van der Waals surface area (Å²) in [7, 11) is 0. The Bertz CT molecular complexity index is 1240. The van der Waals surface area contributed by atoms with Crippen LogP contribution in [0, 0.1) is 6.92 Å². The Morgan fingerprint density at radius 1 is 1.18 bits per heavy atom. The third-order valence-electron chi connectivity index (χ3n) is 6.92. The van der Waals surface area contributed by atoms with E-state index in [1.54, 1.807) is 0 Å². The van der Waals surface area contributed by atoms with Crippen LogP contribution in [0.3, 0.4) is 0 Å². The van der Waals surface area contributed by atoms with Crippen molar-refractivity contribution in [2.24, 2.45) is 0 Å². The van der Waals surface area contributed by atoms with E-state index in [1.807, 2.05) is 11.3 Å². The van der Waals surface area contributed by atoms with E-state index in [2.05, 4.69) is 72.8 Å². The number of hydrogen-bond donors (Lipinski definition) is 0. The summed E-state index contributed by atoms with van der Waals surface area (Å²) in [5, 5.41) is 3.58. The fourth-order valence-corrected chi connectivity index (χ4v) is 6.28. The van der Waals surface area contributed by atoms with Crippen molar-refractivity contribution in [2.45, 2.75) is 40.5 Å². The Kier molecular flexibility index (Phi) is 7.36. The summed E-state index contributed by atoms with van der Waals surface area (Å²) in [4.78, 5) is 2.52. The fraction of sp³-hybridized carbons (Fsp3) is 0.367. The molecule has 5 rings (SSSR count). The molecule has 172 valence electrons. The van der Waals surface area contributed by atoms with E-state index < -0.39 is 0 Å². The molecule has 0 saturated carbocycles. The zero-order valence-electron chi connectivity index (χ0n) is 19.2. The topological polar surface area (TPSA) is 12.5 Å². The number of hydrogen-bond acceptors (Lipinski definition) is 3. The lowest BCUT2D eigenvalue weighted by Gasteiger charge is -2.26. The average Bonchev–Trinajstić information content (AvgIpc) is 3.30. The first-order valence-corrected chi connectivity index (χ1v) is 12.5. The number of nitrogens with zero attached hydrogens (tertiary/aromatic N) is 1. The van der Waals surface area contributed by atoms with Crippen LogP contribution in [0.25, 0.3) is 21.2 Å². The van der Waals surface area contributed by atoms with Crippen LogP contribution in [0.5, 0.6) is 0 Å². The maximum absolute atomic E-state index is 5.51. The summed E-state index contributed by atoms with van der Waals surface area (Å²) in [5.41, 5.74) is 14.0. The Labute approximate surface area is 202 Å². The summed E-state index contributed by atoms with van der Waals surface area (Å²) in [6.45, 7) is 13.5. The van der Waals surface area contributed by atoms with Crippen LogP contribution in [-0.4, -0.2) is 37.7 Å². The largest absolute Gasteiger partial charge is 0.379 e. The van der Waals surface area contributed by atoms with Crippen LogP contribution >= 0.6 is 11.3 Å². The van der Waals surface area contributed by atoms with E-state index in [-0.39, 0.29) is 7.43 Å². The molecule has 0 unspecified atom stereocenters. The number of benzene rings is 2. The standard InChI is InChI=1S/C29H31NOS.CH4/c1-4-24(25-10-6-9-22-8-5-7-20(2)27(22)25)28-21(3)19-23(29-26(28)12-18-32-29)11-13-30-14-16-31-17-15-30;/h6-7,9-10,12,18-19H,1,5,8,11,13-17H2,2-3H3;1H4. The molecule has 2 heterocycles. The normalized spacial score (nSPS) is 16.0. The third kappa shape index (κ3) is 4.52. The van der Waals surface area contributed by atoms with Crippen LogP contribution in [0.2, 0.25) is 0 Å². The van der Waals surface area contributed by atoms with Gasteiger partial charge >= 0.3 is 0 Å². The summed E-state index contributed by atoms with van der Waals surface area (Å²) < 4.78 is 6.92. The lowest BCUT2D eigenvalue weighted by atomic mass is 9.82. The van der Waals surface area contributed by atoms with Crippen molar-refractivity contribution < 1.29 is 4.74 Å².